The van der Waals surface area contributed by atoms with E-state index < -0.39 is 0 Å². The molecule has 2 rings (SSSR count). The van der Waals surface area contributed by atoms with Gasteiger partial charge in [-0.15, -0.1) is 11.8 Å². The molecule has 0 aromatic heterocycles. The number of allylic oxidation sites excluding steroid dienone is 2. The van der Waals surface area contributed by atoms with Crippen molar-refractivity contribution in [3.05, 3.63) is 84.0 Å². The van der Waals surface area contributed by atoms with Crippen molar-refractivity contribution in [1.82, 2.24) is 0 Å². The molecule has 0 aliphatic heterocycles. The van der Waals surface area contributed by atoms with Crippen LogP contribution in [0.5, 0.6) is 0 Å². The monoisotopic (exact) mass is 294 g/mol. The molecule has 0 saturated carbocycles. The summed E-state index contributed by atoms with van der Waals surface area (Å²) in [5.74, 6) is 1.03. The zero-order valence-electron chi connectivity index (χ0n) is 12.9. The van der Waals surface area contributed by atoms with Gasteiger partial charge in [-0.05, 0) is 49.1 Å². The molecule has 0 spiro atoms. The molecule has 0 bridgehead atoms. The highest BCUT2D eigenvalue weighted by Gasteiger charge is 2.04. The van der Waals surface area contributed by atoms with Gasteiger partial charge >= 0.3 is 0 Å². The van der Waals surface area contributed by atoms with Crippen LogP contribution in [0.15, 0.2) is 72.2 Å². The van der Waals surface area contributed by atoms with E-state index in [1.807, 2.05) is 11.8 Å². The average molecular weight is 294 g/mol. The molecule has 0 N–H and O–H groups in total. The van der Waals surface area contributed by atoms with Crippen molar-refractivity contribution in [3.8, 4) is 0 Å². The van der Waals surface area contributed by atoms with E-state index in [0.29, 0.717) is 0 Å². The van der Waals surface area contributed by atoms with Crippen LogP contribution in [0.2, 0.25) is 0 Å². The minimum Gasteiger partial charge on any atom is -0.126 e. The summed E-state index contributed by atoms with van der Waals surface area (Å²) in [5.41, 5.74) is 5.92. The molecule has 0 fully saturated rings. The van der Waals surface area contributed by atoms with Gasteiger partial charge in [0.1, 0.15) is 0 Å². The minimum atomic E-state index is 0.964. The van der Waals surface area contributed by atoms with E-state index in [1.165, 1.54) is 21.6 Å². The fourth-order valence-electron chi connectivity index (χ4n) is 2.04. The molecule has 0 atom stereocenters. The lowest BCUT2D eigenvalue weighted by molar-refractivity contribution is 1.18. The van der Waals surface area contributed by atoms with E-state index in [2.05, 4.69) is 75.5 Å². The van der Waals surface area contributed by atoms with Crippen molar-refractivity contribution in [3.63, 3.8) is 0 Å². The first-order valence-corrected chi connectivity index (χ1v) is 8.18. The smallest absolute Gasteiger partial charge is 0.00722 e. The fourth-order valence-corrected chi connectivity index (χ4v) is 2.95. The first-order valence-electron chi connectivity index (χ1n) is 7.20. The second kappa shape index (κ2) is 7.33. The number of thioether (sulfide) groups is 1. The average Bonchev–Trinajstić information content (AvgIpc) is 2.49. The second-order valence-corrected chi connectivity index (χ2v) is 6.53. The van der Waals surface area contributed by atoms with Crippen molar-refractivity contribution >= 4 is 17.3 Å². The fraction of sp³-hybridized carbons (Fsp3) is 0.200. The Morgan fingerprint density at radius 3 is 1.95 bits per heavy atom. The minimum absolute atomic E-state index is 0.964. The molecular formula is C20H22S. The van der Waals surface area contributed by atoms with Crippen molar-refractivity contribution in [1.29, 1.82) is 0 Å². The Morgan fingerprint density at radius 1 is 0.857 bits per heavy atom. The summed E-state index contributed by atoms with van der Waals surface area (Å²) in [4.78, 5) is 1.31. The van der Waals surface area contributed by atoms with E-state index in [-0.39, 0.29) is 0 Å². The third-order valence-electron chi connectivity index (χ3n) is 3.52. The van der Waals surface area contributed by atoms with Gasteiger partial charge in [-0.2, -0.15) is 0 Å². The molecule has 21 heavy (non-hydrogen) atoms. The molecule has 108 valence electrons. The predicted molar refractivity (Wildman–Crippen MR) is 95.9 cm³/mol. The molecule has 0 unspecified atom stereocenters. The molecule has 0 radical (unpaired) electrons. The molecule has 0 aliphatic rings. The van der Waals surface area contributed by atoms with Gasteiger partial charge < -0.3 is 0 Å². The molecule has 2 aromatic carbocycles. The second-order valence-electron chi connectivity index (χ2n) is 5.36. The predicted octanol–water partition coefficient (Wildman–Crippen LogP) is 6.06. The van der Waals surface area contributed by atoms with Gasteiger partial charge in [0.2, 0.25) is 0 Å². The largest absolute Gasteiger partial charge is 0.126 e. The van der Waals surface area contributed by atoms with Gasteiger partial charge in [0.25, 0.3) is 0 Å². The van der Waals surface area contributed by atoms with Gasteiger partial charge in [-0.25, -0.2) is 0 Å². The van der Waals surface area contributed by atoms with Crippen LogP contribution < -0.4 is 0 Å². The van der Waals surface area contributed by atoms with E-state index in [0.717, 1.165) is 23.3 Å². The Hall–Kier alpha value is -1.73. The van der Waals surface area contributed by atoms with Crippen LogP contribution in [0, 0.1) is 13.8 Å². The molecule has 0 heterocycles. The summed E-state index contributed by atoms with van der Waals surface area (Å²) >= 11 is 1.87. The van der Waals surface area contributed by atoms with Crippen LogP contribution in [0.1, 0.15) is 23.1 Å². The van der Waals surface area contributed by atoms with E-state index in [9.17, 15) is 0 Å². The van der Waals surface area contributed by atoms with Gasteiger partial charge in [-0.3, -0.25) is 0 Å². The molecule has 0 saturated heterocycles. The van der Waals surface area contributed by atoms with Crippen LogP contribution in [0.25, 0.3) is 5.57 Å². The Balaban J connectivity index is 1.85. The van der Waals surface area contributed by atoms with E-state index in [4.69, 9.17) is 0 Å². The van der Waals surface area contributed by atoms with Crippen molar-refractivity contribution in [2.45, 2.75) is 25.2 Å². The molecular weight excluding hydrogens is 272 g/mol. The number of rotatable bonds is 6. The number of hydrogen-bond acceptors (Lipinski definition) is 1. The lowest BCUT2D eigenvalue weighted by atomic mass is 9.98. The van der Waals surface area contributed by atoms with Gasteiger partial charge in [0.05, 0.1) is 0 Å². The maximum Gasteiger partial charge on any atom is 0.00722 e. The first-order chi connectivity index (χ1) is 10.1. The normalized spacial score (nSPS) is 10.4. The Morgan fingerprint density at radius 2 is 1.38 bits per heavy atom. The van der Waals surface area contributed by atoms with E-state index >= 15 is 0 Å². The molecule has 0 aliphatic carbocycles. The summed E-state index contributed by atoms with van der Waals surface area (Å²) in [6.45, 7) is 12.6. The highest BCUT2D eigenvalue weighted by Crippen LogP contribution is 2.26. The summed E-state index contributed by atoms with van der Waals surface area (Å²) in [6.07, 6.45) is 0.964. The third kappa shape index (κ3) is 4.64. The quantitative estimate of drug-likeness (QED) is 0.461. The van der Waals surface area contributed by atoms with Crippen molar-refractivity contribution < 1.29 is 0 Å². The van der Waals surface area contributed by atoms with Crippen LogP contribution in [-0.4, -0.2) is 5.75 Å². The highest BCUT2D eigenvalue weighted by molar-refractivity contribution is 7.99. The standard InChI is InChI=1S/C20H22S/c1-15-5-9-19(10-6-15)18(4)17(3)13-14-21-20-11-7-16(2)8-12-20/h5-12H,3-4,13-14H2,1-2H3. The summed E-state index contributed by atoms with van der Waals surface area (Å²) in [5, 5.41) is 0. The SMILES string of the molecule is C=C(CCSc1ccc(C)cc1)C(=C)c1ccc(C)cc1. The summed E-state index contributed by atoms with van der Waals surface area (Å²) < 4.78 is 0. The molecule has 1 heteroatoms. The third-order valence-corrected chi connectivity index (χ3v) is 4.53. The maximum atomic E-state index is 4.19. The zero-order valence-corrected chi connectivity index (χ0v) is 13.7. The van der Waals surface area contributed by atoms with Crippen LogP contribution >= 0.6 is 11.8 Å². The van der Waals surface area contributed by atoms with Crippen molar-refractivity contribution in [2.75, 3.05) is 5.75 Å². The first kappa shape index (κ1) is 15.7. The number of aryl methyl sites for hydroxylation is 2. The Labute approximate surface area is 132 Å². The number of hydrogen-bond donors (Lipinski definition) is 0. The Bertz CT molecular complexity index is 618. The van der Waals surface area contributed by atoms with Crippen LogP contribution in [0.3, 0.4) is 0 Å². The van der Waals surface area contributed by atoms with E-state index in [1.54, 1.807) is 0 Å². The Kier molecular flexibility index (Phi) is 5.46. The highest BCUT2D eigenvalue weighted by atomic mass is 32.2. The van der Waals surface area contributed by atoms with Crippen LogP contribution in [0.4, 0.5) is 0 Å². The lowest BCUT2D eigenvalue weighted by Gasteiger charge is -2.10. The zero-order chi connectivity index (χ0) is 15.2. The molecule has 0 amide bonds. The van der Waals surface area contributed by atoms with Crippen LogP contribution in [-0.2, 0) is 0 Å². The molecule has 2 aromatic rings. The van der Waals surface area contributed by atoms with Gasteiger partial charge in [0.15, 0.2) is 0 Å². The summed E-state index contributed by atoms with van der Waals surface area (Å²) in [7, 11) is 0. The van der Waals surface area contributed by atoms with Gasteiger partial charge in [0, 0.05) is 10.6 Å². The summed E-state index contributed by atoms with van der Waals surface area (Å²) in [6, 6.07) is 17.1. The van der Waals surface area contributed by atoms with Crippen molar-refractivity contribution in [2.24, 2.45) is 0 Å². The van der Waals surface area contributed by atoms with Gasteiger partial charge in [-0.1, -0.05) is 60.7 Å². The molecule has 0 nitrogen and oxygen atoms in total. The maximum absolute atomic E-state index is 4.19. The topological polar surface area (TPSA) is 0 Å². The number of benzene rings is 2. The lowest BCUT2D eigenvalue weighted by Crippen LogP contribution is -1.90.